The Morgan fingerprint density at radius 1 is 1.05 bits per heavy atom. The number of carbonyl (C=O) groups excluding carboxylic acids is 2. The lowest BCUT2D eigenvalue weighted by atomic mass is 10.1. The first-order valence-electron chi connectivity index (χ1n) is 5.91. The highest BCUT2D eigenvalue weighted by molar-refractivity contribution is 9.10. The molecule has 0 radical (unpaired) electrons. The van der Waals surface area contributed by atoms with Crippen molar-refractivity contribution in [3.05, 3.63) is 40.9 Å². The average molecular weight is 319 g/mol. The van der Waals surface area contributed by atoms with Crippen LogP contribution in [0.3, 0.4) is 0 Å². The van der Waals surface area contributed by atoms with Crippen LogP contribution in [-0.2, 0) is 9.59 Å². The van der Waals surface area contributed by atoms with E-state index in [4.69, 9.17) is 0 Å². The summed E-state index contributed by atoms with van der Waals surface area (Å²) < 4.78 is 0.973. The number of hydrogen-bond donors (Lipinski definition) is 1. The van der Waals surface area contributed by atoms with Crippen molar-refractivity contribution in [2.75, 3.05) is 18.0 Å². The maximum Gasteiger partial charge on any atom is 0.246 e. The van der Waals surface area contributed by atoms with E-state index < -0.39 is 0 Å². The molecule has 1 aliphatic rings. The highest BCUT2D eigenvalue weighted by Gasteiger charge is 2.25. The number of benzene rings is 2. The summed E-state index contributed by atoms with van der Waals surface area (Å²) in [6.45, 7) is 0.133. The molecule has 3 rings (SSSR count). The fraction of sp³-hybridized carbons (Fsp3) is 0.143. The van der Waals surface area contributed by atoms with Crippen LogP contribution in [0.5, 0.6) is 0 Å². The topological polar surface area (TPSA) is 49.4 Å². The predicted octanol–water partition coefficient (Wildman–Crippen LogP) is 2.07. The maximum atomic E-state index is 12.0. The van der Waals surface area contributed by atoms with Gasteiger partial charge in [-0.1, -0.05) is 40.2 Å². The number of nitrogens with zero attached hydrogens (tertiary/aromatic N) is 1. The zero-order valence-electron chi connectivity index (χ0n) is 10.0. The first kappa shape index (κ1) is 12.2. The van der Waals surface area contributed by atoms with Crippen LogP contribution < -0.4 is 10.2 Å². The molecule has 2 aromatic rings. The molecule has 0 unspecified atom stereocenters. The van der Waals surface area contributed by atoms with E-state index in [-0.39, 0.29) is 24.9 Å². The van der Waals surface area contributed by atoms with Gasteiger partial charge in [-0.3, -0.25) is 9.59 Å². The lowest BCUT2D eigenvalue weighted by Gasteiger charge is -2.27. The molecule has 19 heavy (non-hydrogen) atoms. The quantitative estimate of drug-likeness (QED) is 0.875. The number of halogens is 1. The van der Waals surface area contributed by atoms with Crippen LogP contribution in [0.25, 0.3) is 10.8 Å². The van der Waals surface area contributed by atoms with Crippen molar-refractivity contribution >= 4 is 44.2 Å². The summed E-state index contributed by atoms with van der Waals surface area (Å²) in [5.41, 5.74) is 0.777. The summed E-state index contributed by atoms with van der Waals surface area (Å²) in [6, 6.07) is 11.6. The van der Waals surface area contributed by atoms with E-state index in [0.717, 1.165) is 20.9 Å². The molecule has 0 saturated carbocycles. The first-order valence-corrected chi connectivity index (χ1v) is 6.70. The van der Waals surface area contributed by atoms with Crippen LogP contribution in [0.4, 0.5) is 5.69 Å². The monoisotopic (exact) mass is 318 g/mol. The van der Waals surface area contributed by atoms with E-state index in [9.17, 15) is 9.59 Å². The van der Waals surface area contributed by atoms with Gasteiger partial charge in [0.15, 0.2) is 0 Å². The zero-order valence-corrected chi connectivity index (χ0v) is 11.6. The molecule has 0 aliphatic carbocycles. The molecule has 2 amide bonds. The van der Waals surface area contributed by atoms with Crippen molar-refractivity contribution in [3.63, 3.8) is 0 Å². The van der Waals surface area contributed by atoms with Crippen LogP contribution in [-0.4, -0.2) is 24.9 Å². The predicted molar refractivity (Wildman–Crippen MR) is 77.0 cm³/mol. The Bertz CT molecular complexity index is 684. The third-order valence-corrected chi connectivity index (χ3v) is 3.87. The Morgan fingerprint density at radius 3 is 2.58 bits per heavy atom. The van der Waals surface area contributed by atoms with Gasteiger partial charge in [-0.15, -0.1) is 0 Å². The third-order valence-electron chi connectivity index (χ3n) is 3.18. The summed E-state index contributed by atoms with van der Waals surface area (Å²) in [7, 11) is 0. The maximum absolute atomic E-state index is 12.0. The molecule has 0 spiro atoms. The van der Waals surface area contributed by atoms with Crippen LogP contribution in [0.2, 0.25) is 0 Å². The van der Waals surface area contributed by atoms with Crippen molar-refractivity contribution in [2.24, 2.45) is 0 Å². The molecule has 1 heterocycles. The molecule has 5 heteroatoms. The number of anilines is 1. The van der Waals surface area contributed by atoms with Gasteiger partial charge in [-0.05, 0) is 17.5 Å². The Hall–Kier alpha value is -1.88. The first-order chi connectivity index (χ1) is 9.16. The second-order valence-corrected chi connectivity index (χ2v) is 5.22. The minimum Gasteiger partial charge on any atom is -0.345 e. The minimum absolute atomic E-state index is 0.0588. The van der Waals surface area contributed by atoms with Crippen molar-refractivity contribution in [2.45, 2.75) is 0 Å². The lowest BCUT2D eigenvalue weighted by Crippen LogP contribution is -2.51. The van der Waals surface area contributed by atoms with Crippen LogP contribution in [0.1, 0.15) is 0 Å². The molecule has 1 N–H and O–H groups in total. The molecule has 96 valence electrons. The second kappa shape index (κ2) is 4.66. The Kier molecular flexibility index (Phi) is 2.98. The van der Waals surface area contributed by atoms with Gasteiger partial charge in [-0.25, -0.2) is 0 Å². The van der Waals surface area contributed by atoms with E-state index >= 15 is 0 Å². The molecule has 0 atom stereocenters. The van der Waals surface area contributed by atoms with E-state index in [1.54, 1.807) is 0 Å². The number of carbonyl (C=O) groups is 2. The summed E-state index contributed by atoms with van der Waals surface area (Å²) in [5.74, 6) is -0.223. The van der Waals surface area contributed by atoms with Crippen molar-refractivity contribution in [1.29, 1.82) is 0 Å². The van der Waals surface area contributed by atoms with E-state index in [0.29, 0.717) is 0 Å². The fourth-order valence-corrected chi connectivity index (χ4v) is 2.74. The third kappa shape index (κ3) is 2.10. The van der Waals surface area contributed by atoms with Crippen molar-refractivity contribution < 1.29 is 9.59 Å². The average Bonchev–Trinajstić information content (AvgIpc) is 2.43. The molecular formula is C14H11BrN2O2. The van der Waals surface area contributed by atoms with Crippen LogP contribution in [0.15, 0.2) is 40.9 Å². The summed E-state index contributed by atoms with van der Waals surface area (Å²) >= 11 is 3.50. The van der Waals surface area contributed by atoms with Gasteiger partial charge >= 0.3 is 0 Å². The number of piperazine rings is 1. The standard InChI is InChI=1S/C14H11BrN2O2/c15-11-5-6-12(10-4-2-1-3-9(10)11)17-8-13(18)16-7-14(17)19/h1-6H,7-8H2,(H,16,18). The lowest BCUT2D eigenvalue weighted by molar-refractivity contribution is -0.128. The highest BCUT2D eigenvalue weighted by Crippen LogP contribution is 2.32. The Morgan fingerprint density at radius 2 is 1.79 bits per heavy atom. The number of nitrogens with one attached hydrogen (secondary N) is 1. The zero-order chi connectivity index (χ0) is 13.4. The number of hydrogen-bond acceptors (Lipinski definition) is 2. The second-order valence-electron chi connectivity index (χ2n) is 4.37. The number of rotatable bonds is 1. The van der Waals surface area contributed by atoms with E-state index in [2.05, 4.69) is 21.2 Å². The van der Waals surface area contributed by atoms with E-state index in [1.165, 1.54) is 4.90 Å². The summed E-state index contributed by atoms with van der Waals surface area (Å²) in [5, 5.41) is 4.54. The van der Waals surface area contributed by atoms with Crippen LogP contribution >= 0.6 is 15.9 Å². The van der Waals surface area contributed by atoms with Crippen LogP contribution in [0, 0.1) is 0 Å². The van der Waals surface area contributed by atoms with Gasteiger partial charge in [-0.2, -0.15) is 0 Å². The van der Waals surface area contributed by atoms with Gasteiger partial charge < -0.3 is 10.2 Å². The largest absolute Gasteiger partial charge is 0.345 e. The minimum atomic E-state index is -0.133. The molecule has 1 aliphatic heterocycles. The molecule has 2 aromatic carbocycles. The van der Waals surface area contributed by atoms with E-state index in [1.807, 2.05) is 36.4 Å². The molecule has 0 aromatic heterocycles. The van der Waals surface area contributed by atoms with Gasteiger partial charge in [0.2, 0.25) is 11.8 Å². The smallest absolute Gasteiger partial charge is 0.246 e. The molecule has 0 bridgehead atoms. The van der Waals surface area contributed by atoms with Crippen molar-refractivity contribution in [3.8, 4) is 0 Å². The summed E-state index contributed by atoms with van der Waals surface area (Å²) in [6.07, 6.45) is 0. The molecule has 4 nitrogen and oxygen atoms in total. The molecule has 1 saturated heterocycles. The normalized spacial score (nSPS) is 15.7. The molecule has 1 fully saturated rings. The highest BCUT2D eigenvalue weighted by atomic mass is 79.9. The summed E-state index contributed by atoms with van der Waals surface area (Å²) in [4.78, 5) is 25.0. The number of amides is 2. The number of fused-ring (bicyclic) bond motifs is 1. The fourth-order valence-electron chi connectivity index (χ4n) is 2.26. The molecular weight excluding hydrogens is 308 g/mol. The Labute approximate surface area is 118 Å². The van der Waals surface area contributed by atoms with Crippen molar-refractivity contribution in [1.82, 2.24) is 5.32 Å². The van der Waals surface area contributed by atoms with Gasteiger partial charge in [0, 0.05) is 9.86 Å². The SMILES string of the molecule is O=C1CN(c2ccc(Br)c3ccccc23)C(=O)CN1. The Balaban J connectivity index is 2.17. The van der Waals surface area contributed by atoms with Gasteiger partial charge in [0.05, 0.1) is 12.2 Å². The van der Waals surface area contributed by atoms with Gasteiger partial charge in [0.1, 0.15) is 6.54 Å². The van der Waals surface area contributed by atoms with Gasteiger partial charge in [0.25, 0.3) is 0 Å².